The Kier molecular flexibility index (Phi) is 3.00. The summed E-state index contributed by atoms with van der Waals surface area (Å²) in [6.45, 7) is 0. The third-order valence-electron chi connectivity index (χ3n) is 3.54. The fourth-order valence-corrected chi connectivity index (χ4v) is 2.80. The van der Waals surface area contributed by atoms with Crippen LogP contribution in [-0.2, 0) is 4.79 Å². The third kappa shape index (κ3) is 2.19. The molecule has 0 bridgehead atoms. The monoisotopic (exact) mass is 355 g/mol. The van der Waals surface area contributed by atoms with Crippen LogP contribution in [0.15, 0.2) is 46.1 Å². The van der Waals surface area contributed by atoms with Gasteiger partial charge < -0.3 is 5.32 Å². The van der Waals surface area contributed by atoms with E-state index in [0.717, 1.165) is 26.6 Å². The Hall–Kier alpha value is -2.54. The number of aromatic nitrogens is 3. The maximum atomic E-state index is 12.1. The molecule has 1 aliphatic heterocycles. The number of carbonyl (C=O) groups is 1. The van der Waals surface area contributed by atoms with E-state index < -0.39 is 5.92 Å². The number of hydrogen-bond acceptors (Lipinski definition) is 4. The van der Waals surface area contributed by atoms with Crippen LogP contribution in [0.5, 0.6) is 0 Å². The molecule has 3 heterocycles. The van der Waals surface area contributed by atoms with E-state index in [1.54, 1.807) is 18.6 Å². The van der Waals surface area contributed by atoms with E-state index >= 15 is 0 Å². The van der Waals surface area contributed by atoms with E-state index in [9.17, 15) is 4.79 Å². The standard InChI is InChI=1S/C15H10BrN5O/c16-9-3-11-12(15(22)20-14(11)18-6-9)7-17-10-2-1-8-5-19-21-13(8)4-10/h1-7,12H,(H,19,21)(H,18,20,22). The van der Waals surface area contributed by atoms with Gasteiger partial charge in [0, 0.05) is 27.8 Å². The summed E-state index contributed by atoms with van der Waals surface area (Å²) in [6.07, 6.45) is 5.06. The average molecular weight is 356 g/mol. The molecule has 0 aliphatic carbocycles. The number of aliphatic imine (C=N–C) groups is 1. The molecule has 4 rings (SSSR count). The van der Waals surface area contributed by atoms with Gasteiger partial charge in [0.25, 0.3) is 0 Å². The van der Waals surface area contributed by atoms with Crippen molar-refractivity contribution in [1.82, 2.24) is 15.2 Å². The number of halogens is 1. The number of aromatic amines is 1. The molecule has 7 heteroatoms. The van der Waals surface area contributed by atoms with Crippen LogP contribution in [0.3, 0.4) is 0 Å². The van der Waals surface area contributed by atoms with Gasteiger partial charge in [0.2, 0.25) is 5.91 Å². The maximum Gasteiger partial charge on any atom is 0.238 e. The Bertz CT molecular complexity index is 917. The first kappa shape index (κ1) is 13.1. The van der Waals surface area contributed by atoms with E-state index in [-0.39, 0.29) is 5.91 Å². The molecule has 1 aromatic carbocycles. The van der Waals surface area contributed by atoms with Crippen molar-refractivity contribution < 1.29 is 4.79 Å². The minimum absolute atomic E-state index is 0.119. The quantitative estimate of drug-likeness (QED) is 0.692. The predicted octanol–water partition coefficient (Wildman–Crippen LogP) is 3.16. The number of pyridine rings is 1. The first-order valence-electron chi connectivity index (χ1n) is 6.64. The number of hydrogen-bond donors (Lipinski definition) is 2. The number of carbonyl (C=O) groups excluding carboxylic acids is 1. The van der Waals surface area contributed by atoms with Crippen molar-refractivity contribution in [2.24, 2.45) is 4.99 Å². The molecule has 108 valence electrons. The highest BCUT2D eigenvalue weighted by Gasteiger charge is 2.30. The second kappa shape index (κ2) is 5.03. The van der Waals surface area contributed by atoms with E-state index in [0.29, 0.717) is 5.82 Å². The molecule has 0 radical (unpaired) electrons. The van der Waals surface area contributed by atoms with Gasteiger partial charge in [-0.3, -0.25) is 14.9 Å². The second-order valence-electron chi connectivity index (χ2n) is 4.98. The molecule has 6 nitrogen and oxygen atoms in total. The summed E-state index contributed by atoms with van der Waals surface area (Å²) in [5.74, 6) is 0.0399. The highest BCUT2D eigenvalue weighted by Crippen LogP contribution is 2.32. The molecule has 3 aromatic rings. The zero-order valence-corrected chi connectivity index (χ0v) is 12.8. The van der Waals surface area contributed by atoms with E-state index in [1.165, 1.54) is 0 Å². The molecule has 1 aliphatic rings. The zero-order valence-electron chi connectivity index (χ0n) is 11.2. The van der Waals surface area contributed by atoms with E-state index in [2.05, 4.69) is 41.4 Å². The fraction of sp³-hybridized carbons (Fsp3) is 0.0667. The Morgan fingerprint density at radius 1 is 1.27 bits per heavy atom. The Morgan fingerprint density at radius 2 is 2.18 bits per heavy atom. The summed E-state index contributed by atoms with van der Waals surface area (Å²) >= 11 is 3.37. The van der Waals surface area contributed by atoms with Gasteiger partial charge in [0.1, 0.15) is 11.7 Å². The number of nitrogens with zero attached hydrogens (tertiary/aromatic N) is 3. The fourth-order valence-electron chi connectivity index (χ4n) is 2.45. The van der Waals surface area contributed by atoms with Crippen molar-refractivity contribution in [3.8, 4) is 0 Å². The molecule has 0 fully saturated rings. The molecular weight excluding hydrogens is 346 g/mol. The topological polar surface area (TPSA) is 83.0 Å². The molecule has 1 unspecified atom stereocenters. The molecule has 1 amide bonds. The van der Waals surface area contributed by atoms with Crippen LogP contribution in [0.4, 0.5) is 11.5 Å². The Labute approximate surface area is 133 Å². The largest absolute Gasteiger partial charge is 0.310 e. The Balaban J connectivity index is 1.68. The van der Waals surface area contributed by atoms with E-state index in [4.69, 9.17) is 0 Å². The van der Waals surface area contributed by atoms with Crippen LogP contribution in [-0.4, -0.2) is 27.3 Å². The number of anilines is 1. The lowest BCUT2D eigenvalue weighted by atomic mass is 10.0. The summed E-state index contributed by atoms with van der Waals surface area (Å²) in [6, 6.07) is 7.61. The summed E-state index contributed by atoms with van der Waals surface area (Å²) in [5.41, 5.74) is 2.50. The van der Waals surface area contributed by atoms with Gasteiger partial charge in [0.05, 0.1) is 17.4 Å². The lowest BCUT2D eigenvalue weighted by Gasteiger charge is -2.02. The summed E-state index contributed by atoms with van der Waals surface area (Å²) in [4.78, 5) is 20.7. The van der Waals surface area contributed by atoms with Crippen molar-refractivity contribution in [2.75, 3.05) is 5.32 Å². The van der Waals surface area contributed by atoms with Crippen LogP contribution in [0.2, 0.25) is 0 Å². The first-order valence-corrected chi connectivity index (χ1v) is 7.43. The molecule has 0 saturated heterocycles. The second-order valence-corrected chi connectivity index (χ2v) is 5.89. The van der Waals surface area contributed by atoms with Crippen LogP contribution in [0.25, 0.3) is 10.9 Å². The number of H-pyrrole nitrogens is 1. The van der Waals surface area contributed by atoms with Crippen molar-refractivity contribution in [3.05, 3.63) is 46.7 Å². The lowest BCUT2D eigenvalue weighted by Crippen LogP contribution is -2.12. The van der Waals surface area contributed by atoms with Crippen molar-refractivity contribution in [1.29, 1.82) is 0 Å². The molecular formula is C15H10BrN5O. The normalized spacial score (nSPS) is 17.1. The van der Waals surface area contributed by atoms with Gasteiger partial charge in [-0.2, -0.15) is 5.10 Å². The number of nitrogens with one attached hydrogen (secondary N) is 2. The van der Waals surface area contributed by atoms with E-state index in [1.807, 2.05) is 24.3 Å². The van der Waals surface area contributed by atoms with Crippen LogP contribution in [0, 0.1) is 0 Å². The molecule has 2 N–H and O–H groups in total. The van der Waals surface area contributed by atoms with Crippen molar-refractivity contribution in [3.63, 3.8) is 0 Å². The lowest BCUT2D eigenvalue weighted by molar-refractivity contribution is -0.115. The van der Waals surface area contributed by atoms with Gasteiger partial charge in [-0.15, -0.1) is 0 Å². The molecule has 0 saturated carbocycles. The van der Waals surface area contributed by atoms with Crippen LogP contribution < -0.4 is 5.32 Å². The smallest absolute Gasteiger partial charge is 0.238 e. The number of rotatable bonds is 2. The maximum absolute atomic E-state index is 12.1. The van der Waals surface area contributed by atoms with Gasteiger partial charge in [-0.25, -0.2) is 4.98 Å². The summed E-state index contributed by atoms with van der Waals surface area (Å²) < 4.78 is 0.833. The molecule has 22 heavy (non-hydrogen) atoms. The summed E-state index contributed by atoms with van der Waals surface area (Å²) in [5, 5.41) is 10.7. The highest BCUT2D eigenvalue weighted by atomic mass is 79.9. The minimum Gasteiger partial charge on any atom is -0.310 e. The number of fused-ring (bicyclic) bond motifs is 2. The zero-order chi connectivity index (χ0) is 15.1. The van der Waals surface area contributed by atoms with Gasteiger partial charge in [0.15, 0.2) is 0 Å². The van der Waals surface area contributed by atoms with Crippen molar-refractivity contribution >= 4 is 50.5 Å². The predicted molar refractivity (Wildman–Crippen MR) is 87.6 cm³/mol. The Morgan fingerprint density at radius 3 is 3.09 bits per heavy atom. The number of amides is 1. The number of benzene rings is 1. The molecule has 1 atom stereocenters. The molecule has 0 spiro atoms. The van der Waals surface area contributed by atoms with Gasteiger partial charge in [-0.05, 0) is 40.2 Å². The minimum atomic E-state index is -0.433. The SMILES string of the molecule is O=C1Nc2ncc(Br)cc2C1C=Nc1ccc2cn[nH]c2c1. The van der Waals surface area contributed by atoms with Crippen LogP contribution >= 0.6 is 15.9 Å². The first-order chi connectivity index (χ1) is 10.7. The third-order valence-corrected chi connectivity index (χ3v) is 3.97. The highest BCUT2D eigenvalue weighted by molar-refractivity contribution is 9.10. The van der Waals surface area contributed by atoms with Gasteiger partial charge >= 0.3 is 0 Å². The average Bonchev–Trinajstić information content (AvgIpc) is 3.08. The van der Waals surface area contributed by atoms with Gasteiger partial charge in [-0.1, -0.05) is 0 Å². The summed E-state index contributed by atoms with van der Waals surface area (Å²) in [7, 11) is 0. The van der Waals surface area contributed by atoms with Crippen LogP contribution in [0.1, 0.15) is 11.5 Å². The van der Waals surface area contributed by atoms with Crippen molar-refractivity contribution in [2.45, 2.75) is 5.92 Å². The molecule has 2 aromatic heterocycles.